The molecule has 0 saturated heterocycles. The van der Waals surface area contributed by atoms with Crippen molar-refractivity contribution in [3.05, 3.63) is 82.8 Å². The third-order valence-electron chi connectivity index (χ3n) is 4.24. The minimum absolute atomic E-state index is 0.272. The Kier molecular flexibility index (Phi) is 5.27. The van der Waals surface area contributed by atoms with Crippen LogP contribution in [0.25, 0.3) is 0 Å². The largest absolute Gasteiger partial charge is 0.365 e. The molecule has 0 fully saturated rings. The minimum atomic E-state index is -0.272. The van der Waals surface area contributed by atoms with Gasteiger partial charge in [-0.15, -0.1) is 0 Å². The molecule has 26 heavy (non-hydrogen) atoms. The van der Waals surface area contributed by atoms with Crippen LogP contribution >= 0.6 is 0 Å². The van der Waals surface area contributed by atoms with Crippen LogP contribution in [0.1, 0.15) is 32.7 Å². The van der Waals surface area contributed by atoms with Gasteiger partial charge in [-0.3, -0.25) is 4.79 Å². The highest BCUT2D eigenvalue weighted by molar-refractivity contribution is 6.02. The van der Waals surface area contributed by atoms with Crippen LogP contribution in [-0.2, 0) is 6.54 Å². The number of nitrogens with one attached hydrogen (secondary N) is 2. The number of nitrogens with zero attached hydrogens (tertiary/aromatic N) is 2. The molecule has 0 aliphatic rings. The summed E-state index contributed by atoms with van der Waals surface area (Å²) in [5, 5.41) is 6.05. The molecule has 0 bridgehead atoms. The van der Waals surface area contributed by atoms with Gasteiger partial charge in [0.1, 0.15) is 11.5 Å². The van der Waals surface area contributed by atoms with Crippen LogP contribution in [0.15, 0.2) is 54.9 Å². The van der Waals surface area contributed by atoms with E-state index in [1.54, 1.807) is 6.20 Å². The molecule has 0 spiro atoms. The van der Waals surface area contributed by atoms with E-state index in [-0.39, 0.29) is 11.6 Å². The number of anilines is 2. The maximum atomic E-state index is 12.3. The van der Waals surface area contributed by atoms with Gasteiger partial charge in [0, 0.05) is 12.2 Å². The summed E-state index contributed by atoms with van der Waals surface area (Å²) in [6, 6.07) is 14.1. The molecule has 0 aliphatic carbocycles. The smallest absolute Gasteiger partial charge is 0.275 e. The molecule has 3 aromatic rings. The molecule has 1 aromatic heterocycles. The topological polar surface area (TPSA) is 66.9 Å². The van der Waals surface area contributed by atoms with Crippen LogP contribution in [0.5, 0.6) is 0 Å². The van der Waals surface area contributed by atoms with Gasteiger partial charge >= 0.3 is 0 Å². The van der Waals surface area contributed by atoms with Crippen LogP contribution in [0.4, 0.5) is 11.5 Å². The number of hydrogen-bond donors (Lipinski definition) is 2. The van der Waals surface area contributed by atoms with Crippen LogP contribution < -0.4 is 10.6 Å². The maximum absolute atomic E-state index is 12.3. The van der Waals surface area contributed by atoms with E-state index in [9.17, 15) is 4.79 Å². The van der Waals surface area contributed by atoms with Crippen molar-refractivity contribution in [1.82, 2.24) is 9.97 Å². The highest BCUT2D eigenvalue weighted by Crippen LogP contribution is 2.15. The lowest BCUT2D eigenvalue weighted by atomic mass is 10.1. The summed E-state index contributed by atoms with van der Waals surface area (Å²) in [6.07, 6.45) is 3.05. The second kappa shape index (κ2) is 7.78. The van der Waals surface area contributed by atoms with Gasteiger partial charge in [0.05, 0.1) is 12.4 Å². The van der Waals surface area contributed by atoms with E-state index in [0.29, 0.717) is 12.4 Å². The number of aromatic nitrogens is 2. The Morgan fingerprint density at radius 1 is 0.923 bits per heavy atom. The Balaban J connectivity index is 1.60. The monoisotopic (exact) mass is 346 g/mol. The molecule has 3 rings (SSSR count). The molecule has 132 valence electrons. The zero-order valence-electron chi connectivity index (χ0n) is 15.2. The van der Waals surface area contributed by atoms with Crippen molar-refractivity contribution < 1.29 is 4.79 Å². The number of aryl methyl sites for hydroxylation is 3. The normalized spacial score (nSPS) is 10.4. The fraction of sp³-hybridized carbons (Fsp3) is 0.190. The van der Waals surface area contributed by atoms with Crippen LogP contribution in [-0.4, -0.2) is 15.9 Å². The number of benzene rings is 2. The van der Waals surface area contributed by atoms with E-state index in [1.807, 2.05) is 32.0 Å². The Bertz CT molecular complexity index is 902. The van der Waals surface area contributed by atoms with Crippen molar-refractivity contribution >= 4 is 17.4 Å². The second-order valence-corrected chi connectivity index (χ2v) is 6.38. The summed E-state index contributed by atoms with van der Waals surface area (Å²) in [5.41, 5.74) is 5.74. The van der Waals surface area contributed by atoms with E-state index in [4.69, 9.17) is 0 Å². The summed E-state index contributed by atoms with van der Waals surface area (Å²) in [6.45, 7) is 6.77. The first-order valence-electron chi connectivity index (χ1n) is 8.51. The summed E-state index contributed by atoms with van der Waals surface area (Å²) >= 11 is 0. The van der Waals surface area contributed by atoms with Gasteiger partial charge in [-0.1, -0.05) is 35.9 Å². The molecule has 0 saturated carbocycles. The molecular weight excluding hydrogens is 324 g/mol. The molecule has 0 atom stereocenters. The highest BCUT2D eigenvalue weighted by atomic mass is 16.1. The van der Waals surface area contributed by atoms with Crippen LogP contribution in [0.2, 0.25) is 0 Å². The number of amides is 1. The lowest BCUT2D eigenvalue weighted by molar-refractivity contribution is 0.102. The van der Waals surface area contributed by atoms with E-state index in [1.165, 1.54) is 17.3 Å². The first-order chi connectivity index (χ1) is 12.5. The number of carbonyl (C=O) groups is 1. The van der Waals surface area contributed by atoms with Crippen molar-refractivity contribution in [2.45, 2.75) is 27.3 Å². The lowest BCUT2D eigenvalue weighted by Crippen LogP contribution is -2.14. The van der Waals surface area contributed by atoms with E-state index in [0.717, 1.165) is 16.8 Å². The average molecular weight is 346 g/mol. The Hall–Kier alpha value is -3.21. The van der Waals surface area contributed by atoms with Crippen molar-refractivity contribution in [1.29, 1.82) is 0 Å². The molecule has 0 unspecified atom stereocenters. The number of carbonyl (C=O) groups excluding carboxylic acids is 1. The zero-order valence-corrected chi connectivity index (χ0v) is 15.2. The Morgan fingerprint density at radius 3 is 2.35 bits per heavy atom. The summed E-state index contributed by atoms with van der Waals surface area (Å²) < 4.78 is 0. The number of hydrogen-bond acceptors (Lipinski definition) is 4. The van der Waals surface area contributed by atoms with Crippen molar-refractivity contribution in [3.8, 4) is 0 Å². The Labute approximate surface area is 153 Å². The molecule has 2 aromatic carbocycles. The summed E-state index contributed by atoms with van der Waals surface area (Å²) in [4.78, 5) is 20.8. The van der Waals surface area contributed by atoms with Crippen molar-refractivity contribution in [3.63, 3.8) is 0 Å². The van der Waals surface area contributed by atoms with Crippen molar-refractivity contribution in [2.75, 3.05) is 10.6 Å². The first-order valence-corrected chi connectivity index (χ1v) is 8.51. The average Bonchev–Trinajstić information content (AvgIpc) is 2.65. The minimum Gasteiger partial charge on any atom is -0.365 e. The molecule has 0 aliphatic heterocycles. The predicted octanol–water partition coefficient (Wildman–Crippen LogP) is 4.27. The third kappa shape index (κ3) is 4.45. The predicted molar refractivity (Wildman–Crippen MR) is 104 cm³/mol. The first kappa shape index (κ1) is 17.6. The van der Waals surface area contributed by atoms with E-state index in [2.05, 4.69) is 51.8 Å². The van der Waals surface area contributed by atoms with Gasteiger partial charge in [0.15, 0.2) is 0 Å². The maximum Gasteiger partial charge on any atom is 0.275 e. The molecule has 1 amide bonds. The van der Waals surface area contributed by atoms with Gasteiger partial charge in [0.25, 0.3) is 5.91 Å². The van der Waals surface area contributed by atoms with Gasteiger partial charge in [-0.25, -0.2) is 9.97 Å². The van der Waals surface area contributed by atoms with Crippen LogP contribution in [0, 0.1) is 20.8 Å². The fourth-order valence-electron chi connectivity index (χ4n) is 2.45. The quantitative estimate of drug-likeness (QED) is 0.724. The Morgan fingerprint density at radius 2 is 1.69 bits per heavy atom. The summed E-state index contributed by atoms with van der Waals surface area (Å²) in [7, 11) is 0. The molecule has 5 nitrogen and oxygen atoms in total. The fourth-order valence-corrected chi connectivity index (χ4v) is 2.45. The number of rotatable bonds is 5. The van der Waals surface area contributed by atoms with Gasteiger partial charge in [-0.05, 0) is 49.6 Å². The molecule has 2 N–H and O–H groups in total. The van der Waals surface area contributed by atoms with Gasteiger partial charge in [-0.2, -0.15) is 0 Å². The highest BCUT2D eigenvalue weighted by Gasteiger charge is 2.09. The third-order valence-corrected chi connectivity index (χ3v) is 4.24. The molecule has 0 radical (unpaired) electrons. The van der Waals surface area contributed by atoms with Gasteiger partial charge in [0.2, 0.25) is 0 Å². The van der Waals surface area contributed by atoms with Crippen LogP contribution in [0.3, 0.4) is 0 Å². The van der Waals surface area contributed by atoms with E-state index < -0.39 is 0 Å². The van der Waals surface area contributed by atoms with Gasteiger partial charge < -0.3 is 10.6 Å². The second-order valence-electron chi connectivity index (χ2n) is 6.38. The molecular formula is C21H22N4O. The van der Waals surface area contributed by atoms with E-state index >= 15 is 0 Å². The zero-order chi connectivity index (χ0) is 18.5. The lowest BCUT2D eigenvalue weighted by Gasteiger charge is -2.08. The summed E-state index contributed by atoms with van der Waals surface area (Å²) in [5.74, 6) is 0.360. The van der Waals surface area contributed by atoms with Crippen molar-refractivity contribution in [2.24, 2.45) is 0 Å². The SMILES string of the molecule is Cc1ccc(CNc2cnc(C(=O)Nc3ccc(C)c(C)c3)cn2)cc1. The standard InChI is InChI=1S/C21H22N4O/c1-14-4-7-17(8-5-14)11-23-20-13-22-19(12-24-20)21(26)25-18-9-6-15(2)16(3)10-18/h4-10,12-13H,11H2,1-3H3,(H,23,24)(H,25,26). The molecule has 1 heterocycles. The molecule has 5 heteroatoms.